The summed E-state index contributed by atoms with van der Waals surface area (Å²) < 4.78 is 6.07. The van der Waals surface area contributed by atoms with Crippen LogP contribution in [0, 0.1) is 34.6 Å². The maximum Gasteiger partial charge on any atom is 0.171 e. The highest BCUT2D eigenvalue weighted by Crippen LogP contribution is 2.45. The van der Waals surface area contributed by atoms with Crippen molar-refractivity contribution in [3.63, 3.8) is 0 Å². The van der Waals surface area contributed by atoms with Gasteiger partial charge in [0.2, 0.25) is 0 Å². The van der Waals surface area contributed by atoms with E-state index in [2.05, 4.69) is 0 Å². The third-order valence-corrected chi connectivity index (χ3v) is 6.18. The number of benzene rings is 4. The molecular weight excluding hydrogens is 426 g/mol. The Kier molecular flexibility index (Phi) is 6.12. The largest absolute Gasteiger partial charge is 0.507 e. The maximum atomic E-state index is 10.7. The van der Waals surface area contributed by atoms with Gasteiger partial charge in [-0.05, 0) is 81.6 Å². The van der Waals surface area contributed by atoms with E-state index >= 15 is 0 Å². The molecule has 0 atom stereocenters. The molecule has 0 unspecified atom stereocenters. The van der Waals surface area contributed by atoms with Crippen molar-refractivity contribution in [3.8, 4) is 28.7 Å². The van der Waals surface area contributed by atoms with Crippen molar-refractivity contribution in [1.82, 2.24) is 0 Å². The van der Waals surface area contributed by atoms with Gasteiger partial charge in [0.05, 0.1) is 11.4 Å². The second kappa shape index (κ2) is 9.02. The molecule has 4 rings (SSSR count). The van der Waals surface area contributed by atoms with E-state index < -0.39 is 0 Å². The Morgan fingerprint density at radius 3 is 1.74 bits per heavy atom. The molecule has 0 spiro atoms. The molecule has 0 saturated heterocycles. The quantitative estimate of drug-likeness (QED) is 0.289. The molecule has 0 bridgehead atoms. The molecule has 4 aromatic carbocycles. The van der Waals surface area contributed by atoms with Gasteiger partial charge in [0.15, 0.2) is 11.5 Å². The Bertz CT molecular complexity index is 1300. The van der Waals surface area contributed by atoms with Crippen LogP contribution in [0.2, 0.25) is 0 Å². The van der Waals surface area contributed by atoms with Gasteiger partial charge in [0, 0.05) is 22.9 Å². The maximum absolute atomic E-state index is 10.7. The lowest BCUT2D eigenvalue weighted by Gasteiger charge is -2.30. The van der Waals surface area contributed by atoms with E-state index in [0.717, 1.165) is 44.9 Å². The number of phenols is 3. The number of aromatic hydroxyl groups is 3. The summed E-state index contributed by atoms with van der Waals surface area (Å²) in [5, 5.41) is 31.6. The fourth-order valence-electron chi connectivity index (χ4n) is 4.12. The Morgan fingerprint density at radius 2 is 1.18 bits per heavy atom. The molecule has 174 valence electrons. The smallest absolute Gasteiger partial charge is 0.171 e. The van der Waals surface area contributed by atoms with Crippen LogP contribution in [0.5, 0.6) is 28.7 Å². The van der Waals surface area contributed by atoms with Crippen LogP contribution in [0.25, 0.3) is 0 Å². The average Bonchev–Trinajstić information content (AvgIpc) is 2.82. The Hall–Kier alpha value is -4.12. The minimum absolute atomic E-state index is 0.0702. The molecule has 0 amide bonds. The van der Waals surface area contributed by atoms with Crippen molar-refractivity contribution < 1.29 is 20.1 Å². The number of phenolic OH excluding ortho intramolecular Hbond substituents is 3. The predicted octanol–water partition coefficient (Wildman–Crippen LogP) is 7.61. The third-order valence-electron chi connectivity index (χ3n) is 6.18. The fraction of sp³-hybridized carbons (Fsp3) is 0.172. The number of rotatable bonds is 5. The highest BCUT2D eigenvalue weighted by atomic mass is 16.5. The first-order valence-electron chi connectivity index (χ1n) is 11.1. The highest BCUT2D eigenvalue weighted by Gasteiger charge is 2.21. The molecule has 0 aromatic heterocycles. The van der Waals surface area contributed by atoms with Gasteiger partial charge in [-0.2, -0.15) is 0 Å². The fourth-order valence-corrected chi connectivity index (χ4v) is 4.12. The monoisotopic (exact) mass is 455 g/mol. The molecule has 0 aliphatic heterocycles. The lowest BCUT2D eigenvalue weighted by atomic mass is 10.0. The second-order valence-corrected chi connectivity index (χ2v) is 8.61. The summed E-state index contributed by atoms with van der Waals surface area (Å²) in [5.41, 5.74) is 6.19. The molecule has 0 heterocycles. The summed E-state index contributed by atoms with van der Waals surface area (Å²) in [5.74, 6) is 1.48. The number of hydrogen-bond acceptors (Lipinski definition) is 5. The van der Waals surface area contributed by atoms with Crippen molar-refractivity contribution in [3.05, 3.63) is 94.5 Å². The second-order valence-electron chi connectivity index (χ2n) is 8.61. The third kappa shape index (κ3) is 4.13. The van der Waals surface area contributed by atoms with Crippen LogP contribution >= 0.6 is 0 Å². The van der Waals surface area contributed by atoms with Gasteiger partial charge >= 0.3 is 0 Å². The summed E-state index contributed by atoms with van der Waals surface area (Å²) >= 11 is 0. The van der Waals surface area contributed by atoms with Crippen LogP contribution in [-0.4, -0.2) is 15.3 Å². The van der Waals surface area contributed by atoms with Gasteiger partial charge in [0.25, 0.3) is 0 Å². The Labute approximate surface area is 200 Å². The first kappa shape index (κ1) is 23.1. The summed E-state index contributed by atoms with van der Waals surface area (Å²) in [4.78, 5) is 1.99. The van der Waals surface area contributed by atoms with Gasteiger partial charge in [-0.1, -0.05) is 30.3 Å². The highest BCUT2D eigenvalue weighted by molar-refractivity contribution is 5.83. The van der Waals surface area contributed by atoms with E-state index in [-0.39, 0.29) is 17.2 Å². The molecule has 0 saturated carbocycles. The number of nitrogens with zero attached hydrogens (tertiary/aromatic N) is 1. The molecule has 34 heavy (non-hydrogen) atoms. The van der Waals surface area contributed by atoms with E-state index in [9.17, 15) is 15.3 Å². The summed E-state index contributed by atoms with van der Waals surface area (Å²) in [7, 11) is 0. The van der Waals surface area contributed by atoms with E-state index in [1.165, 1.54) is 0 Å². The zero-order chi connectivity index (χ0) is 24.6. The van der Waals surface area contributed by atoms with Crippen molar-refractivity contribution in [1.29, 1.82) is 0 Å². The van der Waals surface area contributed by atoms with Crippen LogP contribution in [-0.2, 0) is 0 Å². The van der Waals surface area contributed by atoms with Crippen molar-refractivity contribution >= 4 is 17.1 Å². The summed E-state index contributed by atoms with van der Waals surface area (Å²) in [6.07, 6.45) is 0. The average molecular weight is 456 g/mol. The van der Waals surface area contributed by atoms with Crippen LogP contribution in [0.4, 0.5) is 17.1 Å². The lowest BCUT2D eigenvalue weighted by molar-refractivity contribution is 0.409. The molecule has 0 aliphatic rings. The number of anilines is 3. The normalized spacial score (nSPS) is 10.9. The van der Waals surface area contributed by atoms with Crippen LogP contribution in [0.1, 0.15) is 27.8 Å². The standard InChI is InChI=1S/C29H29NO4/c1-17-12-14-24(20(4)27(17)32)30(25-15-13-18(2)28(33)21(25)5)22-9-7-10-23(16-22)34-29-19(3)8-6-11-26(29)31/h6-16,31-33H,1-5H3. The molecule has 5 heteroatoms. The number of para-hydroxylation sites is 1. The van der Waals surface area contributed by atoms with Gasteiger partial charge in [-0.15, -0.1) is 0 Å². The minimum atomic E-state index is 0.0702. The lowest BCUT2D eigenvalue weighted by Crippen LogP contribution is -2.13. The van der Waals surface area contributed by atoms with E-state index in [1.807, 2.05) is 94.1 Å². The molecule has 3 N–H and O–H groups in total. The van der Waals surface area contributed by atoms with Crippen molar-refractivity contribution in [2.24, 2.45) is 0 Å². The SMILES string of the molecule is Cc1ccc(N(c2cccc(Oc3c(C)cccc3O)c2)c2ccc(C)c(O)c2C)c(C)c1O. The number of hydrogen-bond donors (Lipinski definition) is 3. The first-order chi connectivity index (χ1) is 16.2. The van der Waals surface area contributed by atoms with Crippen molar-refractivity contribution in [2.45, 2.75) is 34.6 Å². The van der Waals surface area contributed by atoms with E-state index in [1.54, 1.807) is 12.1 Å². The topological polar surface area (TPSA) is 73.2 Å². The Morgan fingerprint density at radius 1 is 0.618 bits per heavy atom. The number of ether oxygens (including phenoxy) is 1. The zero-order valence-corrected chi connectivity index (χ0v) is 20.0. The first-order valence-corrected chi connectivity index (χ1v) is 11.1. The predicted molar refractivity (Wildman–Crippen MR) is 136 cm³/mol. The van der Waals surface area contributed by atoms with Crippen LogP contribution < -0.4 is 9.64 Å². The number of aryl methyl sites for hydroxylation is 3. The molecular formula is C29H29NO4. The zero-order valence-electron chi connectivity index (χ0n) is 20.0. The van der Waals surface area contributed by atoms with Crippen LogP contribution in [0.3, 0.4) is 0 Å². The molecule has 0 aliphatic carbocycles. The van der Waals surface area contributed by atoms with Gasteiger partial charge in [-0.25, -0.2) is 0 Å². The van der Waals surface area contributed by atoms with Gasteiger partial charge in [0.1, 0.15) is 17.2 Å². The molecule has 4 aromatic rings. The minimum Gasteiger partial charge on any atom is -0.507 e. The molecule has 5 nitrogen and oxygen atoms in total. The Balaban J connectivity index is 1.90. The van der Waals surface area contributed by atoms with Gasteiger partial charge < -0.3 is 25.0 Å². The van der Waals surface area contributed by atoms with Gasteiger partial charge in [-0.3, -0.25) is 0 Å². The van der Waals surface area contributed by atoms with E-state index in [0.29, 0.717) is 11.5 Å². The van der Waals surface area contributed by atoms with Crippen molar-refractivity contribution in [2.75, 3.05) is 4.90 Å². The summed E-state index contributed by atoms with van der Waals surface area (Å²) in [6, 6.07) is 20.4. The van der Waals surface area contributed by atoms with Crippen LogP contribution in [0.15, 0.2) is 66.7 Å². The van der Waals surface area contributed by atoms with E-state index in [4.69, 9.17) is 4.74 Å². The summed E-state index contributed by atoms with van der Waals surface area (Å²) in [6.45, 7) is 9.35. The molecule has 0 radical (unpaired) electrons. The molecule has 0 fully saturated rings.